The predicted octanol–water partition coefficient (Wildman–Crippen LogP) is 2.57. The molecule has 0 aromatic carbocycles. The molecule has 1 aliphatic heterocycles. The van der Waals surface area contributed by atoms with Crippen LogP contribution in [0.2, 0.25) is 0 Å². The molecule has 0 N–H and O–H groups in total. The fourth-order valence-corrected chi connectivity index (χ4v) is 3.04. The van der Waals surface area contributed by atoms with Gasteiger partial charge in [0.25, 0.3) is 0 Å². The molecule has 0 aliphatic carbocycles. The smallest absolute Gasteiger partial charge is 0.219 e. The van der Waals surface area contributed by atoms with Crippen molar-refractivity contribution in [2.75, 3.05) is 13.1 Å². The van der Waals surface area contributed by atoms with Gasteiger partial charge in [0.1, 0.15) is 5.82 Å². The molecule has 1 aliphatic rings. The SMILES string of the molecule is CC(=O)N1CCC[C@H](c2nc(C)ncc2-c2ccncc2)C1. The summed E-state index contributed by atoms with van der Waals surface area (Å²) in [7, 11) is 0. The van der Waals surface area contributed by atoms with E-state index >= 15 is 0 Å². The van der Waals surface area contributed by atoms with Crippen molar-refractivity contribution in [3.05, 3.63) is 42.2 Å². The van der Waals surface area contributed by atoms with Crippen LogP contribution in [-0.4, -0.2) is 38.8 Å². The molecular weight excluding hydrogens is 276 g/mol. The van der Waals surface area contributed by atoms with Gasteiger partial charge in [-0.15, -0.1) is 0 Å². The van der Waals surface area contributed by atoms with E-state index in [9.17, 15) is 4.79 Å². The minimum absolute atomic E-state index is 0.140. The Morgan fingerprint density at radius 3 is 2.82 bits per heavy atom. The third-order valence-corrected chi connectivity index (χ3v) is 4.18. The van der Waals surface area contributed by atoms with Crippen LogP contribution >= 0.6 is 0 Å². The maximum Gasteiger partial charge on any atom is 0.219 e. The van der Waals surface area contributed by atoms with Gasteiger partial charge in [0, 0.05) is 50.1 Å². The van der Waals surface area contributed by atoms with Gasteiger partial charge in [-0.3, -0.25) is 9.78 Å². The number of aromatic nitrogens is 3. The van der Waals surface area contributed by atoms with Crippen molar-refractivity contribution in [1.82, 2.24) is 19.9 Å². The van der Waals surface area contributed by atoms with E-state index in [1.807, 2.05) is 30.2 Å². The molecule has 0 unspecified atom stereocenters. The zero-order valence-corrected chi connectivity index (χ0v) is 13.0. The Morgan fingerprint density at radius 1 is 1.32 bits per heavy atom. The normalized spacial score (nSPS) is 18.3. The van der Waals surface area contributed by atoms with Gasteiger partial charge in [0.05, 0.1) is 5.69 Å². The minimum atomic E-state index is 0.140. The molecule has 1 amide bonds. The number of likely N-dealkylation sites (tertiary alicyclic amines) is 1. The van der Waals surface area contributed by atoms with Crippen LogP contribution < -0.4 is 0 Å². The molecule has 1 saturated heterocycles. The Hall–Kier alpha value is -2.30. The molecule has 0 spiro atoms. The number of pyridine rings is 1. The first kappa shape index (κ1) is 14.6. The Kier molecular flexibility index (Phi) is 4.13. The monoisotopic (exact) mass is 296 g/mol. The van der Waals surface area contributed by atoms with Crippen LogP contribution in [0.25, 0.3) is 11.1 Å². The van der Waals surface area contributed by atoms with Crippen molar-refractivity contribution in [2.24, 2.45) is 0 Å². The lowest BCUT2D eigenvalue weighted by atomic mass is 9.90. The number of hydrogen-bond donors (Lipinski definition) is 0. The third-order valence-electron chi connectivity index (χ3n) is 4.18. The van der Waals surface area contributed by atoms with Gasteiger partial charge in [-0.05, 0) is 37.5 Å². The van der Waals surface area contributed by atoms with E-state index in [0.29, 0.717) is 0 Å². The maximum absolute atomic E-state index is 11.7. The average Bonchev–Trinajstić information content (AvgIpc) is 2.55. The molecule has 5 heteroatoms. The lowest BCUT2D eigenvalue weighted by Crippen LogP contribution is -2.38. The zero-order valence-electron chi connectivity index (χ0n) is 13.0. The van der Waals surface area contributed by atoms with Crippen molar-refractivity contribution in [1.29, 1.82) is 0 Å². The van der Waals surface area contributed by atoms with E-state index < -0.39 is 0 Å². The first-order valence-corrected chi connectivity index (χ1v) is 7.64. The van der Waals surface area contributed by atoms with Gasteiger partial charge in [0.15, 0.2) is 0 Å². The van der Waals surface area contributed by atoms with Crippen molar-refractivity contribution in [3.8, 4) is 11.1 Å². The largest absolute Gasteiger partial charge is 0.342 e. The highest BCUT2D eigenvalue weighted by molar-refractivity contribution is 5.73. The lowest BCUT2D eigenvalue weighted by molar-refractivity contribution is -0.130. The summed E-state index contributed by atoms with van der Waals surface area (Å²) in [6, 6.07) is 3.95. The zero-order chi connectivity index (χ0) is 15.5. The molecule has 114 valence electrons. The molecule has 1 fully saturated rings. The van der Waals surface area contributed by atoms with Gasteiger partial charge >= 0.3 is 0 Å². The number of nitrogens with zero attached hydrogens (tertiary/aromatic N) is 4. The van der Waals surface area contributed by atoms with E-state index in [2.05, 4.69) is 9.97 Å². The first-order valence-electron chi connectivity index (χ1n) is 7.64. The molecule has 2 aromatic heterocycles. The number of carbonyl (C=O) groups excluding carboxylic acids is 1. The minimum Gasteiger partial charge on any atom is -0.342 e. The van der Waals surface area contributed by atoms with Crippen LogP contribution in [0, 0.1) is 6.92 Å². The van der Waals surface area contributed by atoms with Gasteiger partial charge in [0.2, 0.25) is 5.91 Å². The topological polar surface area (TPSA) is 59.0 Å². The molecule has 3 heterocycles. The number of amides is 1. The van der Waals surface area contributed by atoms with Gasteiger partial charge in [-0.2, -0.15) is 0 Å². The van der Waals surface area contributed by atoms with Gasteiger partial charge in [-0.1, -0.05) is 0 Å². The van der Waals surface area contributed by atoms with Crippen molar-refractivity contribution in [2.45, 2.75) is 32.6 Å². The average molecular weight is 296 g/mol. The second-order valence-corrected chi connectivity index (χ2v) is 5.76. The molecule has 3 rings (SSSR count). The third kappa shape index (κ3) is 2.98. The summed E-state index contributed by atoms with van der Waals surface area (Å²) in [5.74, 6) is 1.18. The highest BCUT2D eigenvalue weighted by Gasteiger charge is 2.26. The molecule has 0 bridgehead atoms. The Balaban J connectivity index is 1.99. The summed E-state index contributed by atoms with van der Waals surface area (Å²) >= 11 is 0. The first-order chi connectivity index (χ1) is 10.6. The summed E-state index contributed by atoms with van der Waals surface area (Å²) in [5.41, 5.74) is 3.16. The van der Waals surface area contributed by atoms with E-state index in [4.69, 9.17) is 4.98 Å². The number of carbonyl (C=O) groups is 1. The summed E-state index contributed by atoms with van der Waals surface area (Å²) in [6.45, 7) is 5.13. The highest BCUT2D eigenvalue weighted by atomic mass is 16.2. The van der Waals surface area contributed by atoms with Crippen LogP contribution in [0.5, 0.6) is 0 Å². The van der Waals surface area contributed by atoms with E-state index in [1.54, 1.807) is 19.3 Å². The van der Waals surface area contributed by atoms with Crippen LogP contribution in [-0.2, 0) is 4.79 Å². The fraction of sp³-hybridized carbons (Fsp3) is 0.412. The second-order valence-electron chi connectivity index (χ2n) is 5.76. The quantitative estimate of drug-likeness (QED) is 0.854. The number of rotatable bonds is 2. The van der Waals surface area contributed by atoms with Crippen molar-refractivity contribution in [3.63, 3.8) is 0 Å². The van der Waals surface area contributed by atoms with Crippen LogP contribution in [0.15, 0.2) is 30.7 Å². The number of piperidine rings is 1. The van der Waals surface area contributed by atoms with E-state index in [1.165, 1.54) is 0 Å². The Bertz CT molecular complexity index is 672. The van der Waals surface area contributed by atoms with Crippen molar-refractivity contribution < 1.29 is 4.79 Å². The van der Waals surface area contributed by atoms with E-state index in [0.717, 1.165) is 48.6 Å². The molecular formula is C17H20N4O. The number of hydrogen-bond acceptors (Lipinski definition) is 4. The predicted molar refractivity (Wildman–Crippen MR) is 84.2 cm³/mol. The van der Waals surface area contributed by atoms with Crippen LogP contribution in [0.1, 0.15) is 37.2 Å². The molecule has 2 aromatic rings. The van der Waals surface area contributed by atoms with Gasteiger partial charge in [-0.25, -0.2) is 9.97 Å². The molecule has 1 atom stereocenters. The molecule has 0 saturated carbocycles. The van der Waals surface area contributed by atoms with E-state index in [-0.39, 0.29) is 11.8 Å². The molecule has 22 heavy (non-hydrogen) atoms. The summed E-state index contributed by atoms with van der Waals surface area (Å²) in [5, 5.41) is 0. The maximum atomic E-state index is 11.7. The second kappa shape index (κ2) is 6.22. The number of aryl methyl sites for hydroxylation is 1. The van der Waals surface area contributed by atoms with Crippen LogP contribution in [0.4, 0.5) is 0 Å². The Labute approximate surface area is 130 Å². The lowest BCUT2D eigenvalue weighted by Gasteiger charge is -2.32. The van der Waals surface area contributed by atoms with Gasteiger partial charge < -0.3 is 4.90 Å². The summed E-state index contributed by atoms with van der Waals surface area (Å²) in [6.07, 6.45) is 7.52. The summed E-state index contributed by atoms with van der Waals surface area (Å²) in [4.78, 5) is 26.7. The standard InChI is InChI=1S/C17H20N4O/c1-12-19-10-16(14-5-7-18-8-6-14)17(20-12)15-4-3-9-21(11-15)13(2)22/h5-8,10,15H,3-4,9,11H2,1-2H3/t15-/m0/s1. The molecule has 5 nitrogen and oxygen atoms in total. The summed E-state index contributed by atoms with van der Waals surface area (Å²) < 4.78 is 0. The molecule has 0 radical (unpaired) electrons. The highest BCUT2D eigenvalue weighted by Crippen LogP contribution is 2.32. The van der Waals surface area contributed by atoms with Crippen molar-refractivity contribution >= 4 is 5.91 Å². The fourth-order valence-electron chi connectivity index (χ4n) is 3.04. The Morgan fingerprint density at radius 2 is 2.09 bits per heavy atom. The van der Waals surface area contributed by atoms with Crippen LogP contribution in [0.3, 0.4) is 0 Å².